The van der Waals surface area contributed by atoms with Crippen LogP contribution in [0.1, 0.15) is 50.7 Å². The van der Waals surface area contributed by atoms with E-state index in [1.165, 1.54) is 36.1 Å². The van der Waals surface area contributed by atoms with E-state index in [4.69, 9.17) is 9.57 Å². The number of rotatable bonds is 3. The molecule has 0 aromatic heterocycles. The minimum absolute atomic E-state index is 0.0271. The van der Waals surface area contributed by atoms with Crippen LogP contribution in [-0.2, 0) is 10.4 Å². The summed E-state index contributed by atoms with van der Waals surface area (Å²) in [5.74, 6) is 2.45. The van der Waals surface area contributed by atoms with Crippen LogP contribution >= 0.6 is 0 Å². The maximum absolute atomic E-state index is 7.06. The van der Waals surface area contributed by atoms with Crippen molar-refractivity contribution >= 4 is 5.69 Å². The molecule has 0 radical (unpaired) electrons. The van der Waals surface area contributed by atoms with Crippen molar-refractivity contribution in [1.29, 1.82) is 0 Å². The van der Waals surface area contributed by atoms with Gasteiger partial charge in [0.2, 0.25) is 0 Å². The molecule has 5 fully saturated rings. The van der Waals surface area contributed by atoms with E-state index in [9.17, 15) is 0 Å². The quantitative estimate of drug-likeness (QED) is 0.656. The van der Waals surface area contributed by atoms with E-state index in [0.717, 1.165) is 31.3 Å². The van der Waals surface area contributed by atoms with Gasteiger partial charge in [-0.2, -0.15) is 5.06 Å². The highest BCUT2D eigenvalue weighted by Crippen LogP contribution is 2.68. The molecule has 4 nitrogen and oxygen atoms in total. The lowest BCUT2D eigenvalue weighted by Gasteiger charge is -2.63. The third-order valence-corrected chi connectivity index (χ3v) is 9.14. The highest BCUT2D eigenvalue weighted by atomic mass is 16.7. The molecule has 2 aliphatic heterocycles. The summed E-state index contributed by atoms with van der Waals surface area (Å²) in [7, 11) is 1.76. The van der Waals surface area contributed by atoms with E-state index in [1.54, 1.807) is 7.11 Å². The second kappa shape index (κ2) is 6.49. The molecule has 3 saturated carbocycles. The van der Waals surface area contributed by atoms with Gasteiger partial charge in [-0.3, -0.25) is 4.84 Å². The van der Waals surface area contributed by atoms with Gasteiger partial charge in [0, 0.05) is 18.7 Å². The lowest BCUT2D eigenvalue weighted by Crippen LogP contribution is -2.62. The van der Waals surface area contributed by atoms with E-state index in [0.29, 0.717) is 11.3 Å². The van der Waals surface area contributed by atoms with Gasteiger partial charge in [0.15, 0.2) is 0 Å². The Morgan fingerprint density at radius 1 is 1.10 bits per heavy atom. The van der Waals surface area contributed by atoms with Crippen LogP contribution in [0.15, 0.2) is 48.5 Å². The van der Waals surface area contributed by atoms with Crippen molar-refractivity contribution in [3.63, 3.8) is 0 Å². The average molecular weight is 419 g/mol. The number of fused-ring (bicyclic) bond motifs is 2. The molecule has 0 amide bonds. The minimum atomic E-state index is -0.141. The molecule has 0 unspecified atom stereocenters. The first-order valence-electron chi connectivity index (χ1n) is 11.8. The maximum Gasteiger partial charge on any atom is 0.119 e. The third-order valence-electron chi connectivity index (χ3n) is 9.14. The molecule has 4 atom stereocenters. The highest BCUT2D eigenvalue weighted by molar-refractivity contribution is 5.51. The van der Waals surface area contributed by atoms with Crippen molar-refractivity contribution in [3.8, 4) is 5.75 Å². The van der Waals surface area contributed by atoms with Crippen molar-refractivity contribution in [2.24, 2.45) is 17.3 Å². The van der Waals surface area contributed by atoms with Gasteiger partial charge in [-0.1, -0.05) is 43.7 Å². The molecule has 0 N–H and O–H groups in total. The Morgan fingerprint density at radius 3 is 2.61 bits per heavy atom. The van der Waals surface area contributed by atoms with Crippen LogP contribution in [0.4, 0.5) is 5.69 Å². The zero-order chi connectivity index (χ0) is 21.4. The number of ether oxygens (including phenoxy) is 1. The summed E-state index contributed by atoms with van der Waals surface area (Å²) in [4.78, 5) is 9.53. The SMILES string of the molecule is COc1cccc([C@@]23CN(c4ccc(C)cc4)CN2O[C@@]2(CC[C@H]4C[C@H]2C4(C)C)C3)c1. The van der Waals surface area contributed by atoms with E-state index in [-0.39, 0.29) is 11.1 Å². The molecule has 31 heavy (non-hydrogen) atoms. The molecular weight excluding hydrogens is 384 g/mol. The van der Waals surface area contributed by atoms with Crippen molar-refractivity contribution in [1.82, 2.24) is 5.06 Å². The Bertz CT molecular complexity index is 1000. The largest absolute Gasteiger partial charge is 0.497 e. The number of methoxy groups -OCH3 is 1. The molecule has 2 saturated heterocycles. The Kier molecular flexibility index (Phi) is 4.11. The lowest BCUT2D eigenvalue weighted by atomic mass is 9.43. The van der Waals surface area contributed by atoms with E-state index < -0.39 is 0 Å². The number of nitrogens with zero attached hydrogens (tertiary/aromatic N) is 2. The van der Waals surface area contributed by atoms with Gasteiger partial charge in [0.25, 0.3) is 0 Å². The highest BCUT2D eigenvalue weighted by Gasteiger charge is 2.69. The van der Waals surface area contributed by atoms with Crippen molar-refractivity contribution in [2.75, 3.05) is 25.2 Å². The normalized spacial score (nSPS) is 35.8. The van der Waals surface area contributed by atoms with Crippen LogP contribution in [0.5, 0.6) is 5.75 Å². The van der Waals surface area contributed by atoms with Gasteiger partial charge < -0.3 is 9.64 Å². The third kappa shape index (κ3) is 2.67. The summed E-state index contributed by atoms with van der Waals surface area (Å²) < 4.78 is 5.61. The molecule has 5 aliphatic rings. The minimum Gasteiger partial charge on any atom is -0.497 e. The van der Waals surface area contributed by atoms with Crippen LogP contribution in [0.3, 0.4) is 0 Å². The Labute approximate surface area is 186 Å². The number of aryl methyl sites for hydroxylation is 1. The van der Waals surface area contributed by atoms with Crippen LogP contribution in [0.2, 0.25) is 0 Å². The predicted octanol–water partition coefficient (Wildman–Crippen LogP) is 5.51. The number of benzene rings is 2. The summed E-state index contributed by atoms with van der Waals surface area (Å²) in [6, 6.07) is 17.6. The number of hydroxylamine groups is 2. The molecule has 2 aromatic carbocycles. The van der Waals surface area contributed by atoms with Crippen molar-refractivity contribution in [2.45, 2.75) is 57.6 Å². The lowest BCUT2D eigenvalue weighted by molar-refractivity contribution is -0.285. The van der Waals surface area contributed by atoms with Crippen molar-refractivity contribution < 1.29 is 9.57 Å². The molecule has 4 heteroatoms. The standard InChI is InChI=1S/C27H34N2O2/c1-19-8-10-22(11-9-19)28-17-26(21-6-5-7-23(14-21)30-4)16-27(31-29(26)18-28)13-12-20-15-24(27)25(20,2)3/h5-11,14,20,24H,12-13,15-18H2,1-4H3/t20-,24-,26+,27-/m0/s1. The average Bonchev–Trinajstić information content (AvgIpc) is 3.26. The summed E-state index contributed by atoms with van der Waals surface area (Å²) in [6.07, 6.45) is 4.89. The van der Waals surface area contributed by atoms with E-state index >= 15 is 0 Å². The second-order valence-corrected chi connectivity index (χ2v) is 11.0. The van der Waals surface area contributed by atoms with Gasteiger partial charge in [-0.15, -0.1) is 0 Å². The van der Waals surface area contributed by atoms with Gasteiger partial charge in [-0.25, -0.2) is 0 Å². The van der Waals surface area contributed by atoms with Gasteiger partial charge >= 0.3 is 0 Å². The predicted molar refractivity (Wildman–Crippen MR) is 123 cm³/mol. The molecule has 1 spiro atoms. The molecule has 164 valence electrons. The van der Waals surface area contributed by atoms with Gasteiger partial charge in [-0.05, 0) is 73.3 Å². The van der Waals surface area contributed by atoms with Crippen LogP contribution in [-0.4, -0.2) is 31.0 Å². The van der Waals surface area contributed by atoms with Gasteiger partial charge in [0.05, 0.1) is 24.9 Å². The first-order valence-corrected chi connectivity index (χ1v) is 11.8. The molecule has 2 aromatic rings. The maximum atomic E-state index is 7.06. The fraction of sp³-hybridized carbons (Fsp3) is 0.556. The summed E-state index contributed by atoms with van der Waals surface area (Å²) in [6.45, 7) is 8.83. The fourth-order valence-corrected chi connectivity index (χ4v) is 7.23. The molecular formula is C27H34N2O2. The second-order valence-electron chi connectivity index (χ2n) is 11.0. The van der Waals surface area contributed by atoms with E-state index in [1.807, 2.05) is 6.07 Å². The first kappa shape index (κ1) is 19.6. The zero-order valence-corrected chi connectivity index (χ0v) is 19.2. The summed E-state index contributed by atoms with van der Waals surface area (Å²) in [5, 5.41) is 2.33. The number of hydrogen-bond acceptors (Lipinski definition) is 4. The Hall–Kier alpha value is -2.04. The van der Waals surface area contributed by atoms with Crippen LogP contribution < -0.4 is 9.64 Å². The van der Waals surface area contributed by atoms with Crippen LogP contribution in [0.25, 0.3) is 0 Å². The zero-order valence-electron chi connectivity index (χ0n) is 19.2. The topological polar surface area (TPSA) is 24.9 Å². The smallest absolute Gasteiger partial charge is 0.119 e. The van der Waals surface area contributed by atoms with E-state index in [2.05, 4.69) is 73.2 Å². The van der Waals surface area contributed by atoms with Crippen molar-refractivity contribution in [3.05, 3.63) is 59.7 Å². The molecule has 7 rings (SSSR count). The van der Waals surface area contributed by atoms with Gasteiger partial charge in [0.1, 0.15) is 5.75 Å². The molecule has 3 aliphatic carbocycles. The summed E-state index contributed by atoms with van der Waals surface area (Å²) in [5.41, 5.74) is 4.11. The molecule has 2 heterocycles. The summed E-state index contributed by atoms with van der Waals surface area (Å²) >= 11 is 0. The molecule has 2 bridgehead atoms. The Morgan fingerprint density at radius 2 is 1.90 bits per heavy atom. The van der Waals surface area contributed by atoms with Crippen LogP contribution in [0, 0.1) is 24.2 Å². The number of hydrogen-bond donors (Lipinski definition) is 0. The Balaban J connectivity index is 1.40. The fourth-order valence-electron chi connectivity index (χ4n) is 7.23. The monoisotopic (exact) mass is 418 g/mol. The first-order chi connectivity index (χ1) is 14.9. The number of anilines is 1.